The van der Waals surface area contributed by atoms with Crippen LogP contribution < -0.4 is 10.6 Å². The fraction of sp³-hybridized carbons (Fsp3) is 0.684. The fourth-order valence-corrected chi connectivity index (χ4v) is 3.79. The summed E-state index contributed by atoms with van der Waals surface area (Å²) in [5.41, 5.74) is -0.0374. The van der Waals surface area contributed by atoms with Crippen molar-refractivity contribution >= 4 is 11.8 Å². The molecule has 1 aromatic heterocycles. The van der Waals surface area contributed by atoms with E-state index in [1.54, 1.807) is 6.20 Å². The van der Waals surface area contributed by atoms with Gasteiger partial charge in [-0.05, 0) is 52.1 Å². The number of ether oxygens (including phenoxy) is 1. The summed E-state index contributed by atoms with van der Waals surface area (Å²) in [6.07, 6.45) is 11.5. The van der Waals surface area contributed by atoms with Gasteiger partial charge in [0.2, 0.25) is 0 Å². The van der Waals surface area contributed by atoms with Gasteiger partial charge in [-0.1, -0.05) is 12.2 Å². The van der Waals surface area contributed by atoms with Crippen LogP contribution in [0.3, 0.4) is 0 Å². The molecule has 0 bridgehead atoms. The highest BCUT2D eigenvalue weighted by Gasteiger charge is 2.35. The number of nitrogens with one attached hydrogen (secondary N) is 2. The molecule has 2 aliphatic rings. The number of carbonyl (C=O) groups excluding carboxylic acids is 1. The van der Waals surface area contributed by atoms with Crippen molar-refractivity contribution in [3.8, 4) is 0 Å². The van der Waals surface area contributed by atoms with E-state index in [2.05, 4.69) is 46.9 Å². The summed E-state index contributed by atoms with van der Waals surface area (Å²) in [7, 11) is 4.14. The lowest BCUT2D eigenvalue weighted by Gasteiger charge is -2.42. The average Bonchev–Trinajstić information content (AvgIpc) is 3.08. The van der Waals surface area contributed by atoms with Gasteiger partial charge in [0.25, 0.3) is 0 Å². The Hall–Kier alpha value is -1.86. The van der Waals surface area contributed by atoms with Crippen molar-refractivity contribution in [3.63, 3.8) is 0 Å². The number of allylic oxidation sites excluding steroid dienone is 2. The molecule has 2 N–H and O–H groups in total. The zero-order valence-corrected chi connectivity index (χ0v) is 15.9. The van der Waals surface area contributed by atoms with E-state index < -0.39 is 0 Å². The van der Waals surface area contributed by atoms with Crippen LogP contribution in [0.15, 0.2) is 24.4 Å². The van der Waals surface area contributed by atoms with Gasteiger partial charge in [-0.3, -0.25) is 5.32 Å². The number of rotatable bonds is 6. The van der Waals surface area contributed by atoms with Crippen molar-refractivity contribution in [1.82, 2.24) is 20.0 Å². The highest BCUT2D eigenvalue weighted by Crippen LogP contribution is 2.25. The molecule has 0 radical (unpaired) electrons. The molecule has 1 aliphatic carbocycles. The molecule has 0 unspecified atom stereocenters. The summed E-state index contributed by atoms with van der Waals surface area (Å²) in [5, 5.41) is 10.4. The van der Waals surface area contributed by atoms with E-state index in [-0.39, 0.29) is 11.6 Å². The maximum atomic E-state index is 12.4. The predicted molar refractivity (Wildman–Crippen MR) is 102 cm³/mol. The van der Waals surface area contributed by atoms with Crippen LogP contribution in [-0.2, 0) is 11.3 Å². The summed E-state index contributed by atoms with van der Waals surface area (Å²) >= 11 is 0. The molecular formula is C19H31N5O2. The Morgan fingerprint density at radius 1 is 1.38 bits per heavy atom. The largest absolute Gasteiger partial charge is 0.381 e. The molecule has 1 atom stereocenters. The van der Waals surface area contributed by atoms with Crippen LogP contribution in [0.1, 0.15) is 32.1 Å². The fourth-order valence-electron chi connectivity index (χ4n) is 3.79. The van der Waals surface area contributed by atoms with Crippen LogP contribution in [0.4, 0.5) is 10.6 Å². The lowest BCUT2D eigenvalue weighted by atomic mass is 9.88. The average molecular weight is 361 g/mol. The zero-order valence-electron chi connectivity index (χ0n) is 15.9. The minimum Gasteiger partial charge on any atom is -0.381 e. The third kappa shape index (κ3) is 4.65. The highest BCUT2D eigenvalue weighted by atomic mass is 16.5. The topological polar surface area (TPSA) is 71.4 Å². The molecule has 1 saturated heterocycles. The number of likely N-dealkylation sites (N-methyl/N-ethyl adjacent to an activating group) is 1. The Balaban J connectivity index is 1.53. The standard InChI is InChI=1S/C19H31N5O2/c1-23(2)19(9-12-26-13-10-19)15-20-18(25)22-17-8-11-21-24(17)14-16-6-4-3-5-7-16/h3-4,8,11,16H,5-7,9-10,12-15H2,1-2H3,(H2,20,22,25)/t16-/m0/s1. The number of anilines is 1. The molecule has 1 aliphatic heterocycles. The summed E-state index contributed by atoms with van der Waals surface area (Å²) in [5.74, 6) is 1.34. The van der Waals surface area contributed by atoms with Crippen molar-refractivity contribution < 1.29 is 9.53 Å². The third-order valence-electron chi connectivity index (χ3n) is 5.72. The second-order valence-electron chi connectivity index (χ2n) is 7.59. The third-order valence-corrected chi connectivity index (χ3v) is 5.72. The van der Waals surface area contributed by atoms with Crippen molar-refractivity contribution in [3.05, 3.63) is 24.4 Å². The van der Waals surface area contributed by atoms with Crippen LogP contribution in [0.5, 0.6) is 0 Å². The van der Waals surface area contributed by atoms with E-state index in [1.165, 1.54) is 6.42 Å². The number of hydrogen-bond acceptors (Lipinski definition) is 4. The second-order valence-corrected chi connectivity index (χ2v) is 7.59. The first kappa shape index (κ1) is 18.9. The zero-order chi connectivity index (χ0) is 18.4. The Kier molecular flexibility index (Phi) is 6.32. The lowest BCUT2D eigenvalue weighted by molar-refractivity contribution is -0.00553. The molecule has 0 spiro atoms. The van der Waals surface area contributed by atoms with Crippen molar-refractivity contribution in [1.29, 1.82) is 0 Å². The summed E-state index contributed by atoms with van der Waals surface area (Å²) in [4.78, 5) is 14.6. The molecule has 1 fully saturated rings. The van der Waals surface area contributed by atoms with Gasteiger partial charge in [-0.2, -0.15) is 5.10 Å². The monoisotopic (exact) mass is 361 g/mol. The second kappa shape index (κ2) is 8.68. The normalized spacial score (nSPS) is 22.3. The molecular weight excluding hydrogens is 330 g/mol. The first-order valence-corrected chi connectivity index (χ1v) is 9.56. The Morgan fingerprint density at radius 2 is 2.19 bits per heavy atom. The number of nitrogens with zero attached hydrogens (tertiary/aromatic N) is 3. The molecule has 0 aromatic carbocycles. The Bertz CT molecular complexity index is 619. The van der Waals surface area contributed by atoms with E-state index in [4.69, 9.17) is 4.74 Å². The summed E-state index contributed by atoms with van der Waals surface area (Å²) in [6.45, 7) is 2.93. The van der Waals surface area contributed by atoms with Crippen LogP contribution in [0.25, 0.3) is 0 Å². The minimum absolute atomic E-state index is 0.0374. The van der Waals surface area contributed by atoms with Gasteiger partial charge in [0.1, 0.15) is 5.82 Å². The number of aromatic nitrogens is 2. The molecule has 2 heterocycles. The Morgan fingerprint density at radius 3 is 2.88 bits per heavy atom. The van der Waals surface area contributed by atoms with E-state index >= 15 is 0 Å². The van der Waals surface area contributed by atoms with E-state index in [1.807, 2.05) is 10.7 Å². The van der Waals surface area contributed by atoms with Gasteiger partial charge in [0, 0.05) is 37.9 Å². The van der Waals surface area contributed by atoms with Gasteiger partial charge in [0.05, 0.1) is 6.20 Å². The van der Waals surface area contributed by atoms with Crippen molar-refractivity contribution in [2.45, 2.75) is 44.2 Å². The molecule has 26 heavy (non-hydrogen) atoms. The van der Waals surface area contributed by atoms with Crippen LogP contribution in [0, 0.1) is 5.92 Å². The maximum absolute atomic E-state index is 12.4. The molecule has 2 amide bonds. The molecule has 7 heteroatoms. The highest BCUT2D eigenvalue weighted by molar-refractivity contribution is 5.88. The Labute approximate surface area is 155 Å². The maximum Gasteiger partial charge on any atom is 0.320 e. The molecule has 0 saturated carbocycles. The van der Waals surface area contributed by atoms with Crippen molar-refractivity contribution in [2.24, 2.45) is 5.92 Å². The minimum atomic E-state index is -0.178. The van der Waals surface area contributed by atoms with Gasteiger partial charge < -0.3 is 15.0 Å². The quantitative estimate of drug-likeness (QED) is 0.764. The van der Waals surface area contributed by atoms with Gasteiger partial charge in [0.15, 0.2) is 0 Å². The van der Waals surface area contributed by atoms with Crippen LogP contribution in [0.2, 0.25) is 0 Å². The predicted octanol–water partition coefficient (Wildman–Crippen LogP) is 2.47. The van der Waals surface area contributed by atoms with Gasteiger partial charge in [-0.25, -0.2) is 9.48 Å². The molecule has 144 valence electrons. The van der Waals surface area contributed by atoms with E-state index in [0.29, 0.717) is 12.5 Å². The van der Waals surface area contributed by atoms with Gasteiger partial charge in [-0.15, -0.1) is 0 Å². The van der Waals surface area contributed by atoms with E-state index in [9.17, 15) is 4.79 Å². The van der Waals surface area contributed by atoms with Gasteiger partial charge >= 0.3 is 6.03 Å². The van der Waals surface area contributed by atoms with Crippen LogP contribution >= 0.6 is 0 Å². The molecule has 7 nitrogen and oxygen atoms in total. The number of carbonyl (C=O) groups is 1. The van der Waals surface area contributed by atoms with E-state index in [0.717, 1.165) is 51.3 Å². The molecule has 1 aromatic rings. The first-order valence-electron chi connectivity index (χ1n) is 9.56. The number of amides is 2. The molecule has 3 rings (SSSR count). The smallest absolute Gasteiger partial charge is 0.320 e. The number of urea groups is 1. The lowest BCUT2D eigenvalue weighted by Crippen LogP contribution is -2.56. The van der Waals surface area contributed by atoms with Crippen molar-refractivity contribution in [2.75, 3.05) is 39.2 Å². The SMILES string of the molecule is CN(C)C1(CNC(=O)Nc2ccnn2C[C@H]2CC=CCC2)CCOCC1. The summed E-state index contributed by atoms with van der Waals surface area (Å²) < 4.78 is 7.39. The first-order chi connectivity index (χ1) is 12.6. The number of hydrogen-bond donors (Lipinski definition) is 2. The van der Waals surface area contributed by atoms with Crippen LogP contribution in [-0.4, -0.2) is 60.1 Å². The summed E-state index contributed by atoms with van der Waals surface area (Å²) in [6, 6.07) is 1.68.